The van der Waals surface area contributed by atoms with Crippen LogP contribution in [-0.4, -0.2) is 29.4 Å². The van der Waals surface area contributed by atoms with Crippen LogP contribution in [0.1, 0.15) is 69.2 Å². The average molecular weight is 622 g/mol. The van der Waals surface area contributed by atoms with Gasteiger partial charge in [-0.15, -0.1) is 6.58 Å². The van der Waals surface area contributed by atoms with E-state index >= 15 is 0 Å². The highest BCUT2D eigenvalue weighted by molar-refractivity contribution is 6.34. The van der Waals surface area contributed by atoms with Gasteiger partial charge in [-0.1, -0.05) is 79.2 Å². The summed E-state index contributed by atoms with van der Waals surface area (Å²) in [6, 6.07) is 13.1. The molecular weight excluding hydrogens is 581 g/mol. The van der Waals surface area contributed by atoms with Crippen molar-refractivity contribution in [3.63, 3.8) is 0 Å². The van der Waals surface area contributed by atoms with E-state index in [4.69, 9.17) is 38.4 Å². The molecule has 2 heterocycles. The highest BCUT2D eigenvalue weighted by atomic mass is 35.5. The molecule has 2 aliphatic rings. The van der Waals surface area contributed by atoms with E-state index in [1.165, 1.54) is 57.9 Å². The molecule has 2 fully saturated rings. The monoisotopic (exact) mass is 620 g/mol. The largest absolute Gasteiger partial charge is 0.478 e. The number of hydrogen-bond donors (Lipinski definition) is 2. The maximum Gasteiger partial charge on any atom is 0.167 e. The maximum absolute atomic E-state index is 14.1. The number of pyridine rings is 1. The molecule has 1 aliphatic heterocycles. The molecule has 9 heteroatoms. The van der Waals surface area contributed by atoms with Crippen LogP contribution >= 0.6 is 23.2 Å². The van der Waals surface area contributed by atoms with Crippen LogP contribution < -0.4 is 10.5 Å². The zero-order valence-electron chi connectivity index (χ0n) is 24.2. The fraction of sp³-hybridized carbons (Fsp3) is 0.424. The van der Waals surface area contributed by atoms with Gasteiger partial charge < -0.3 is 20.3 Å². The summed E-state index contributed by atoms with van der Waals surface area (Å²) < 4.78 is 39.6. The highest BCUT2D eigenvalue weighted by Gasteiger charge is 2.40. The molecule has 0 amide bonds. The Kier molecular flexibility index (Phi) is 12.6. The number of alkyl halides is 1. The SMILES string of the molecule is C1CCC1.C=CCc1ccc(C(C)(F)C(C)O)cc1.Nc1ccc(OC2(c3ncc(Cl)cc3Cl)CCOCC2)c(F)c1. The number of nitrogen functional groups attached to an aromatic ring is 1. The summed E-state index contributed by atoms with van der Waals surface area (Å²) in [5.41, 5.74) is 5.49. The number of aromatic nitrogens is 1. The van der Waals surface area contributed by atoms with E-state index in [1.54, 1.807) is 30.3 Å². The molecule has 1 aliphatic carbocycles. The van der Waals surface area contributed by atoms with E-state index < -0.39 is 23.2 Å². The van der Waals surface area contributed by atoms with E-state index in [-0.39, 0.29) is 5.75 Å². The zero-order valence-corrected chi connectivity index (χ0v) is 25.7. The normalized spacial score (nSPS) is 17.6. The van der Waals surface area contributed by atoms with Crippen molar-refractivity contribution < 1.29 is 23.4 Å². The number of rotatable bonds is 7. The van der Waals surface area contributed by atoms with Crippen molar-refractivity contribution in [1.82, 2.24) is 4.98 Å². The molecule has 3 aromatic rings. The van der Waals surface area contributed by atoms with Crippen LogP contribution in [0.5, 0.6) is 5.75 Å². The van der Waals surface area contributed by atoms with Crippen molar-refractivity contribution in [2.24, 2.45) is 0 Å². The number of aliphatic hydroxyl groups is 1. The zero-order chi connectivity index (χ0) is 30.8. The number of benzene rings is 2. The predicted octanol–water partition coefficient (Wildman–Crippen LogP) is 8.74. The van der Waals surface area contributed by atoms with Crippen molar-refractivity contribution in [3.8, 4) is 5.75 Å². The Balaban J connectivity index is 0.000000217. The molecule has 5 nitrogen and oxygen atoms in total. The number of nitrogens with two attached hydrogens (primary N) is 1. The van der Waals surface area contributed by atoms with Gasteiger partial charge in [0.2, 0.25) is 0 Å². The predicted molar refractivity (Wildman–Crippen MR) is 166 cm³/mol. The average Bonchev–Trinajstić information content (AvgIpc) is 2.91. The summed E-state index contributed by atoms with van der Waals surface area (Å²) in [6.45, 7) is 7.43. The summed E-state index contributed by atoms with van der Waals surface area (Å²) >= 11 is 12.2. The number of halogens is 4. The van der Waals surface area contributed by atoms with E-state index in [2.05, 4.69) is 11.6 Å². The number of aliphatic hydroxyl groups excluding tert-OH is 1. The van der Waals surface area contributed by atoms with Crippen LogP contribution in [0.4, 0.5) is 14.5 Å². The van der Waals surface area contributed by atoms with Gasteiger partial charge in [-0.05, 0) is 49.6 Å². The van der Waals surface area contributed by atoms with Gasteiger partial charge in [-0.2, -0.15) is 0 Å². The maximum atomic E-state index is 14.1. The van der Waals surface area contributed by atoms with Gasteiger partial charge in [-0.3, -0.25) is 4.98 Å². The number of hydrogen-bond acceptors (Lipinski definition) is 5. The molecule has 2 aromatic carbocycles. The first-order valence-corrected chi connectivity index (χ1v) is 14.9. The third-order valence-electron chi connectivity index (χ3n) is 7.48. The summed E-state index contributed by atoms with van der Waals surface area (Å²) in [5, 5.41) is 10.1. The second-order valence-electron chi connectivity index (χ2n) is 10.7. The number of ether oxygens (including phenoxy) is 2. The number of allylic oxidation sites excluding steroid dienone is 1. The first-order chi connectivity index (χ1) is 20.0. The lowest BCUT2D eigenvalue weighted by molar-refractivity contribution is -0.0542. The van der Waals surface area contributed by atoms with Gasteiger partial charge in [0, 0.05) is 30.8 Å². The lowest BCUT2D eigenvalue weighted by Crippen LogP contribution is -2.40. The van der Waals surface area contributed by atoms with Crippen molar-refractivity contribution in [2.45, 2.75) is 76.2 Å². The van der Waals surface area contributed by atoms with Gasteiger partial charge in [0.15, 0.2) is 22.8 Å². The summed E-state index contributed by atoms with van der Waals surface area (Å²) in [7, 11) is 0. The molecule has 2 unspecified atom stereocenters. The molecule has 5 rings (SSSR count). The molecule has 228 valence electrons. The van der Waals surface area contributed by atoms with Crippen LogP contribution in [0.25, 0.3) is 0 Å². The minimum atomic E-state index is -1.69. The lowest BCUT2D eigenvalue weighted by Gasteiger charge is -2.37. The molecule has 2 atom stereocenters. The summed E-state index contributed by atoms with van der Waals surface area (Å²) in [4.78, 5) is 4.33. The van der Waals surface area contributed by atoms with Crippen molar-refractivity contribution in [2.75, 3.05) is 18.9 Å². The summed E-state index contributed by atoms with van der Waals surface area (Å²) in [6.07, 6.45) is 10.1. The number of anilines is 1. The van der Waals surface area contributed by atoms with E-state index in [0.29, 0.717) is 53.0 Å². The Labute approximate surface area is 257 Å². The van der Waals surface area contributed by atoms with Crippen LogP contribution in [0.2, 0.25) is 10.0 Å². The van der Waals surface area contributed by atoms with Crippen molar-refractivity contribution in [1.29, 1.82) is 0 Å². The second kappa shape index (κ2) is 15.7. The minimum absolute atomic E-state index is 0.105. The molecule has 0 bridgehead atoms. The van der Waals surface area contributed by atoms with Gasteiger partial charge in [0.25, 0.3) is 0 Å². The van der Waals surface area contributed by atoms with Gasteiger partial charge in [0.05, 0.1) is 29.4 Å². The molecule has 42 heavy (non-hydrogen) atoms. The smallest absolute Gasteiger partial charge is 0.167 e. The third kappa shape index (κ3) is 9.14. The lowest BCUT2D eigenvalue weighted by atomic mass is 9.89. The molecule has 3 N–H and O–H groups in total. The molecule has 1 aromatic heterocycles. The Morgan fingerprint density at radius 2 is 1.74 bits per heavy atom. The van der Waals surface area contributed by atoms with Crippen molar-refractivity contribution in [3.05, 3.63) is 100 Å². The first-order valence-electron chi connectivity index (χ1n) is 14.2. The van der Waals surface area contributed by atoms with E-state index in [9.17, 15) is 13.9 Å². The standard InChI is InChI=1S/C16H15Cl2FN2O2.C13H17FO.C4H8/c17-10-7-12(18)15(21-9-10)16(3-5-22-6-4-16)23-14-2-1-11(20)8-13(14)19;1-4-5-11-6-8-12(9-7-11)13(3,14)10(2)15;1-2-4-3-1/h1-2,7-9H,3-6,20H2;4,6-10,15H,1,5H2,2-3H3;1-4H2. The van der Waals surface area contributed by atoms with Gasteiger partial charge in [0.1, 0.15) is 5.69 Å². The van der Waals surface area contributed by atoms with E-state index in [0.717, 1.165) is 12.0 Å². The van der Waals surface area contributed by atoms with Gasteiger partial charge >= 0.3 is 0 Å². The Hall–Kier alpha value is -2.71. The number of nitrogens with zero attached hydrogens (tertiary/aromatic N) is 1. The van der Waals surface area contributed by atoms with Crippen molar-refractivity contribution >= 4 is 28.9 Å². The quantitative estimate of drug-likeness (QED) is 0.204. The summed E-state index contributed by atoms with van der Waals surface area (Å²) in [5.74, 6) is -0.421. The Bertz CT molecular complexity index is 1290. The van der Waals surface area contributed by atoms with Crippen LogP contribution in [0.15, 0.2) is 67.4 Å². The highest BCUT2D eigenvalue weighted by Crippen LogP contribution is 2.40. The fourth-order valence-electron chi connectivity index (χ4n) is 4.27. The molecule has 1 saturated heterocycles. The third-order valence-corrected chi connectivity index (χ3v) is 7.98. The molecular formula is C33H40Cl2F2N2O3. The van der Waals surface area contributed by atoms with Crippen LogP contribution in [0.3, 0.4) is 0 Å². The Morgan fingerprint density at radius 1 is 1.12 bits per heavy atom. The van der Waals surface area contributed by atoms with E-state index in [1.807, 2.05) is 12.1 Å². The van der Waals surface area contributed by atoms with Crippen LogP contribution in [-0.2, 0) is 22.4 Å². The minimum Gasteiger partial charge on any atom is -0.478 e. The molecule has 1 saturated carbocycles. The second-order valence-corrected chi connectivity index (χ2v) is 11.6. The fourth-order valence-corrected chi connectivity index (χ4v) is 4.83. The van der Waals surface area contributed by atoms with Crippen LogP contribution in [0, 0.1) is 5.82 Å². The molecule has 0 spiro atoms. The topological polar surface area (TPSA) is 77.6 Å². The van der Waals surface area contributed by atoms with Gasteiger partial charge in [-0.25, -0.2) is 8.78 Å². The Morgan fingerprint density at radius 3 is 2.24 bits per heavy atom. The first kappa shape index (κ1) is 33.8. The molecule has 0 radical (unpaired) electrons.